The maximum Gasteiger partial charge on any atom is 0.123 e. The number of rotatable bonds is 2. The molecule has 88 valence electrons. The first-order valence-corrected chi connectivity index (χ1v) is 6.44. The largest absolute Gasteiger partial charge is 0.271 e. The van der Waals surface area contributed by atoms with Crippen molar-refractivity contribution in [3.63, 3.8) is 0 Å². The smallest absolute Gasteiger partial charge is 0.123 e. The third-order valence-electron chi connectivity index (χ3n) is 3.09. The van der Waals surface area contributed by atoms with Crippen LogP contribution >= 0.6 is 15.9 Å². The van der Waals surface area contributed by atoms with Gasteiger partial charge in [-0.05, 0) is 40.9 Å². The second-order valence-electron chi connectivity index (χ2n) is 4.46. The Morgan fingerprint density at radius 3 is 2.82 bits per heavy atom. The van der Waals surface area contributed by atoms with Gasteiger partial charge in [-0.1, -0.05) is 12.1 Å². The van der Waals surface area contributed by atoms with Crippen molar-refractivity contribution < 1.29 is 4.39 Å². The standard InChI is InChI=1S/C13H12BrFN2/c1-17-13(8-5-6-8)11(14)12(16-17)9-3-2-4-10(15)7-9/h2-4,7-8H,5-6H2,1H3. The first kappa shape index (κ1) is 11.0. The van der Waals surface area contributed by atoms with Gasteiger partial charge < -0.3 is 0 Å². The van der Waals surface area contributed by atoms with Crippen molar-refractivity contribution in [2.45, 2.75) is 18.8 Å². The van der Waals surface area contributed by atoms with Crippen molar-refractivity contribution in [3.05, 3.63) is 40.2 Å². The molecule has 4 heteroatoms. The van der Waals surface area contributed by atoms with Crippen LogP contribution in [0.1, 0.15) is 24.5 Å². The number of nitrogens with zero attached hydrogens (tertiary/aromatic N) is 2. The molecule has 0 radical (unpaired) electrons. The lowest BCUT2D eigenvalue weighted by Gasteiger charge is -1.99. The van der Waals surface area contributed by atoms with Crippen LogP contribution < -0.4 is 0 Å². The molecule has 0 unspecified atom stereocenters. The Morgan fingerprint density at radius 2 is 2.18 bits per heavy atom. The Kier molecular flexibility index (Phi) is 2.54. The molecule has 2 nitrogen and oxygen atoms in total. The molecule has 1 aromatic heterocycles. The van der Waals surface area contributed by atoms with Gasteiger partial charge in [-0.25, -0.2) is 4.39 Å². The highest BCUT2D eigenvalue weighted by Gasteiger charge is 2.30. The zero-order valence-electron chi connectivity index (χ0n) is 9.45. The highest BCUT2D eigenvalue weighted by Crippen LogP contribution is 2.45. The van der Waals surface area contributed by atoms with Gasteiger partial charge in [0.05, 0.1) is 10.2 Å². The van der Waals surface area contributed by atoms with Gasteiger partial charge in [-0.15, -0.1) is 0 Å². The van der Waals surface area contributed by atoms with Gasteiger partial charge in [-0.2, -0.15) is 5.10 Å². The van der Waals surface area contributed by atoms with E-state index in [0.717, 1.165) is 15.7 Å². The van der Waals surface area contributed by atoms with E-state index in [0.29, 0.717) is 5.92 Å². The normalized spacial score (nSPS) is 15.2. The molecule has 1 saturated carbocycles. The van der Waals surface area contributed by atoms with E-state index in [1.165, 1.54) is 30.7 Å². The van der Waals surface area contributed by atoms with Gasteiger partial charge in [0, 0.05) is 18.5 Å². The average molecular weight is 295 g/mol. The van der Waals surface area contributed by atoms with Crippen LogP contribution in [-0.4, -0.2) is 9.78 Å². The van der Waals surface area contributed by atoms with E-state index >= 15 is 0 Å². The Labute approximate surface area is 108 Å². The first-order valence-electron chi connectivity index (χ1n) is 5.65. The molecule has 0 aliphatic heterocycles. The molecule has 3 rings (SSSR count). The minimum atomic E-state index is -0.229. The van der Waals surface area contributed by atoms with E-state index in [9.17, 15) is 4.39 Å². The number of halogens is 2. The van der Waals surface area contributed by atoms with Gasteiger partial charge in [0.15, 0.2) is 0 Å². The second-order valence-corrected chi connectivity index (χ2v) is 5.25. The molecule has 17 heavy (non-hydrogen) atoms. The highest BCUT2D eigenvalue weighted by atomic mass is 79.9. The van der Waals surface area contributed by atoms with Crippen molar-refractivity contribution in [1.29, 1.82) is 0 Å². The van der Waals surface area contributed by atoms with Crippen molar-refractivity contribution in [1.82, 2.24) is 9.78 Å². The summed E-state index contributed by atoms with van der Waals surface area (Å²) in [6, 6.07) is 6.56. The monoisotopic (exact) mass is 294 g/mol. The van der Waals surface area contributed by atoms with Gasteiger partial charge in [0.25, 0.3) is 0 Å². The molecular formula is C13H12BrFN2. The summed E-state index contributed by atoms with van der Waals surface area (Å²) in [5, 5.41) is 4.49. The Hall–Kier alpha value is -1.16. The molecule has 0 saturated heterocycles. The second kappa shape index (κ2) is 3.95. The lowest BCUT2D eigenvalue weighted by atomic mass is 10.1. The van der Waals surface area contributed by atoms with Crippen LogP contribution in [0.3, 0.4) is 0 Å². The van der Waals surface area contributed by atoms with Gasteiger partial charge in [0.2, 0.25) is 0 Å². The van der Waals surface area contributed by atoms with Crippen LogP contribution in [0.25, 0.3) is 11.3 Å². The number of hydrogen-bond acceptors (Lipinski definition) is 1. The molecule has 1 aromatic carbocycles. The van der Waals surface area contributed by atoms with Crippen molar-refractivity contribution >= 4 is 15.9 Å². The van der Waals surface area contributed by atoms with Crippen LogP contribution in [0.5, 0.6) is 0 Å². The van der Waals surface area contributed by atoms with E-state index in [2.05, 4.69) is 21.0 Å². The minimum absolute atomic E-state index is 0.229. The zero-order valence-corrected chi connectivity index (χ0v) is 11.0. The molecule has 0 atom stereocenters. The summed E-state index contributed by atoms with van der Waals surface area (Å²) in [4.78, 5) is 0. The summed E-state index contributed by atoms with van der Waals surface area (Å²) in [6.45, 7) is 0. The number of aryl methyl sites for hydroxylation is 1. The Bertz CT molecular complexity index is 573. The van der Waals surface area contributed by atoms with Crippen LogP contribution in [0.4, 0.5) is 4.39 Å². The first-order chi connectivity index (χ1) is 8.16. The Morgan fingerprint density at radius 1 is 1.41 bits per heavy atom. The molecule has 0 spiro atoms. The molecule has 0 N–H and O–H groups in total. The molecule has 1 heterocycles. The van der Waals surface area contributed by atoms with Crippen molar-refractivity contribution in [3.8, 4) is 11.3 Å². The van der Waals surface area contributed by atoms with Crippen molar-refractivity contribution in [2.75, 3.05) is 0 Å². The van der Waals surface area contributed by atoms with Crippen LogP contribution in [0, 0.1) is 5.82 Å². The molecule has 1 aliphatic carbocycles. The van der Waals surface area contributed by atoms with Crippen LogP contribution in [0.15, 0.2) is 28.7 Å². The zero-order chi connectivity index (χ0) is 12.0. The van der Waals surface area contributed by atoms with Crippen LogP contribution in [-0.2, 0) is 7.05 Å². The van der Waals surface area contributed by atoms with Gasteiger partial charge >= 0.3 is 0 Å². The van der Waals surface area contributed by atoms with Gasteiger partial charge in [0.1, 0.15) is 11.5 Å². The topological polar surface area (TPSA) is 17.8 Å². The lowest BCUT2D eigenvalue weighted by molar-refractivity contribution is 0.628. The lowest BCUT2D eigenvalue weighted by Crippen LogP contribution is -1.96. The van der Waals surface area contributed by atoms with E-state index in [-0.39, 0.29) is 5.82 Å². The van der Waals surface area contributed by atoms with E-state index in [1.807, 2.05) is 17.8 Å². The Balaban J connectivity index is 2.12. The summed E-state index contributed by atoms with van der Waals surface area (Å²) < 4.78 is 16.1. The van der Waals surface area contributed by atoms with Crippen LogP contribution in [0.2, 0.25) is 0 Å². The minimum Gasteiger partial charge on any atom is -0.271 e. The summed E-state index contributed by atoms with van der Waals surface area (Å²) in [5.41, 5.74) is 2.87. The third-order valence-corrected chi connectivity index (χ3v) is 3.88. The SMILES string of the molecule is Cn1nc(-c2cccc(F)c2)c(Br)c1C1CC1. The molecule has 0 bridgehead atoms. The molecule has 1 aliphatic rings. The van der Waals surface area contributed by atoms with E-state index in [4.69, 9.17) is 0 Å². The molecule has 2 aromatic rings. The molecule has 0 amide bonds. The molecular weight excluding hydrogens is 283 g/mol. The van der Waals surface area contributed by atoms with E-state index < -0.39 is 0 Å². The fourth-order valence-corrected chi connectivity index (χ4v) is 3.02. The predicted octanol–water partition coefficient (Wildman–Crippen LogP) is 3.87. The predicted molar refractivity (Wildman–Crippen MR) is 68.3 cm³/mol. The quantitative estimate of drug-likeness (QED) is 0.822. The fraction of sp³-hybridized carbons (Fsp3) is 0.308. The number of hydrogen-bond donors (Lipinski definition) is 0. The fourth-order valence-electron chi connectivity index (χ4n) is 2.13. The molecule has 1 fully saturated rings. The summed E-state index contributed by atoms with van der Waals surface area (Å²) in [7, 11) is 1.95. The maximum absolute atomic E-state index is 13.2. The van der Waals surface area contributed by atoms with E-state index in [1.54, 1.807) is 6.07 Å². The summed E-state index contributed by atoms with van der Waals surface area (Å²) in [6.07, 6.45) is 2.45. The highest BCUT2D eigenvalue weighted by molar-refractivity contribution is 9.10. The number of aromatic nitrogens is 2. The van der Waals surface area contributed by atoms with Crippen molar-refractivity contribution in [2.24, 2.45) is 7.05 Å². The van der Waals surface area contributed by atoms with Gasteiger partial charge in [-0.3, -0.25) is 4.68 Å². The summed E-state index contributed by atoms with van der Waals surface area (Å²) >= 11 is 3.60. The maximum atomic E-state index is 13.2. The average Bonchev–Trinajstić information content (AvgIpc) is 3.06. The third kappa shape index (κ3) is 1.90. The summed E-state index contributed by atoms with van der Waals surface area (Å²) in [5.74, 6) is 0.386. The number of benzene rings is 1.